The minimum Gasteiger partial charge on any atom is -0.322 e. The quantitative estimate of drug-likeness (QED) is 0.271. The van der Waals surface area contributed by atoms with E-state index in [0.29, 0.717) is 29.1 Å². The Morgan fingerprint density at radius 2 is 1.71 bits per heavy atom. The van der Waals surface area contributed by atoms with E-state index < -0.39 is 10.1 Å². The fourth-order valence-corrected chi connectivity index (χ4v) is 4.17. The van der Waals surface area contributed by atoms with Crippen molar-refractivity contribution in [1.82, 2.24) is 29.7 Å². The highest BCUT2D eigenvalue weighted by atomic mass is 32.2. The molecule has 13 heteroatoms. The van der Waals surface area contributed by atoms with Gasteiger partial charge in [0.2, 0.25) is 5.95 Å². The summed E-state index contributed by atoms with van der Waals surface area (Å²) in [6.07, 6.45) is 7.54. The van der Waals surface area contributed by atoms with Crippen molar-refractivity contribution in [1.29, 1.82) is 0 Å². The van der Waals surface area contributed by atoms with Gasteiger partial charge >= 0.3 is 0 Å². The van der Waals surface area contributed by atoms with Gasteiger partial charge in [0.25, 0.3) is 16.0 Å². The van der Waals surface area contributed by atoms with Crippen LogP contribution in [0.5, 0.6) is 0 Å². The predicted molar refractivity (Wildman–Crippen MR) is 162 cm³/mol. The van der Waals surface area contributed by atoms with Crippen molar-refractivity contribution in [2.75, 3.05) is 50.1 Å². The number of anilines is 3. The molecule has 0 unspecified atom stereocenters. The van der Waals surface area contributed by atoms with Crippen molar-refractivity contribution in [3.8, 4) is 11.3 Å². The van der Waals surface area contributed by atoms with Gasteiger partial charge in [-0.3, -0.25) is 24.2 Å². The molecule has 3 N–H and O–H groups in total. The van der Waals surface area contributed by atoms with Crippen LogP contribution in [0.2, 0.25) is 0 Å². The van der Waals surface area contributed by atoms with Crippen LogP contribution in [-0.2, 0) is 16.7 Å². The Morgan fingerprint density at radius 3 is 2.38 bits per heavy atom. The number of pyridine rings is 2. The molecule has 220 valence electrons. The van der Waals surface area contributed by atoms with Gasteiger partial charge in [0.1, 0.15) is 0 Å². The summed E-state index contributed by atoms with van der Waals surface area (Å²) in [5.41, 5.74) is 5.53. The average molecular weight is 591 g/mol. The Balaban J connectivity index is 0.000000748. The Bertz CT molecular complexity index is 1590. The standard InChI is InChI=1S/C28H30N8O.CH4O3S/c1-20-26(34-28-30-11-9-25(33-28)23-4-3-10-29-17-23)16-24(18-31-20)32-27(37)22-7-5-21(6-8-22)19-36-14-12-35(2)13-15-36;1-5(2,3)4/h3-11,16-18H,12-15,19H2,1-2H3,(H,32,37)(H,30,33,34);1H3,(H,2,3,4). The molecule has 0 saturated carbocycles. The van der Waals surface area contributed by atoms with E-state index in [4.69, 9.17) is 4.55 Å². The van der Waals surface area contributed by atoms with Crippen molar-refractivity contribution in [3.63, 3.8) is 0 Å². The number of rotatable bonds is 7. The molecule has 1 saturated heterocycles. The lowest BCUT2D eigenvalue weighted by molar-refractivity contribution is 0.102. The summed E-state index contributed by atoms with van der Waals surface area (Å²) in [6, 6.07) is 15.3. The molecule has 1 aliphatic heterocycles. The molecule has 4 heterocycles. The molecule has 0 spiro atoms. The third-order valence-electron chi connectivity index (χ3n) is 6.42. The number of nitrogens with zero attached hydrogens (tertiary/aromatic N) is 6. The fraction of sp³-hybridized carbons (Fsp3) is 0.276. The van der Waals surface area contributed by atoms with Crippen LogP contribution >= 0.6 is 0 Å². The number of aromatic nitrogens is 4. The molecule has 0 atom stereocenters. The van der Waals surface area contributed by atoms with Gasteiger partial charge in [0.05, 0.1) is 35.2 Å². The number of hydrogen-bond donors (Lipinski definition) is 3. The van der Waals surface area contributed by atoms with Crippen molar-refractivity contribution >= 4 is 33.3 Å². The van der Waals surface area contributed by atoms with E-state index in [9.17, 15) is 13.2 Å². The molecule has 0 aliphatic carbocycles. The van der Waals surface area contributed by atoms with Crippen molar-refractivity contribution in [2.24, 2.45) is 0 Å². The van der Waals surface area contributed by atoms with E-state index in [1.165, 1.54) is 5.56 Å². The second-order valence-electron chi connectivity index (χ2n) is 9.95. The monoisotopic (exact) mass is 590 g/mol. The van der Waals surface area contributed by atoms with E-state index >= 15 is 0 Å². The molecule has 0 radical (unpaired) electrons. The largest absolute Gasteiger partial charge is 0.322 e. The molecule has 42 heavy (non-hydrogen) atoms. The summed E-state index contributed by atoms with van der Waals surface area (Å²) in [4.78, 5) is 35.2. The molecule has 3 aromatic heterocycles. The zero-order chi connectivity index (χ0) is 30.1. The van der Waals surface area contributed by atoms with Crippen molar-refractivity contribution in [3.05, 3.63) is 90.1 Å². The minimum atomic E-state index is -3.67. The normalized spacial score (nSPS) is 14.0. The SMILES string of the molecule is CS(=O)(=O)O.Cc1ncc(NC(=O)c2ccc(CN3CCN(C)CC3)cc2)cc1Nc1nccc(-c2cccnc2)n1. The Morgan fingerprint density at radius 1 is 1.00 bits per heavy atom. The Kier molecular flexibility index (Phi) is 10.3. The van der Waals surface area contributed by atoms with Crippen molar-refractivity contribution < 1.29 is 17.8 Å². The van der Waals surface area contributed by atoms with Crippen molar-refractivity contribution in [2.45, 2.75) is 13.5 Å². The molecule has 1 fully saturated rings. The minimum absolute atomic E-state index is 0.183. The molecule has 12 nitrogen and oxygen atoms in total. The lowest BCUT2D eigenvalue weighted by atomic mass is 10.1. The summed E-state index contributed by atoms with van der Waals surface area (Å²) in [6.45, 7) is 7.09. The van der Waals surface area contributed by atoms with Gasteiger partial charge < -0.3 is 15.5 Å². The zero-order valence-corrected chi connectivity index (χ0v) is 24.5. The first-order valence-electron chi connectivity index (χ1n) is 13.2. The van der Waals surface area contributed by atoms with E-state index in [1.807, 2.05) is 55.5 Å². The molecular formula is C29H34N8O4S. The number of piperazine rings is 1. The number of benzene rings is 1. The van der Waals surface area contributed by atoms with Crippen LogP contribution in [0, 0.1) is 6.92 Å². The lowest BCUT2D eigenvalue weighted by Gasteiger charge is -2.32. The van der Waals surface area contributed by atoms with Crippen LogP contribution in [-0.4, -0.2) is 88.1 Å². The third kappa shape index (κ3) is 9.66. The zero-order valence-electron chi connectivity index (χ0n) is 23.7. The smallest absolute Gasteiger partial charge is 0.261 e. The van der Waals surface area contributed by atoms with Gasteiger partial charge in [-0.1, -0.05) is 12.1 Å². The number of carbonyl (C=O) groups excluding carboxylic acids is 1. The Hall–Kier alpha value is -4.30. The number of aryl methyl sites for hydroxylation is 1. The average Bonchev–Trinajstić information content (AvgIpc) is 2.96. The molecular weight excluding hydrogens is 556 g/mol. The lowest BCUT2D eigenvalue weighted by Crippen LogP contribution is -2.43. The van der Waals surface area contributed by atoms with E-state index in [-0.39, 0.29) is 5.91 Å². The summed E-state index contributed by atoms with van der Waals surface area (Å²) in [5.74, 6) is 0.253. The van der Waals surface area contributed by atoms with E-state index in [1.54, 1.807) is 24.8 Å². The maximum atomic E-state index is 12.9. The molecule has 1 amide bonds. The highest BCUT2D eigenvalue weighted by molar-refractivity contribution is 7.85. The first-order valence-corrected chi connectivity index (χ1v) is 15.1. The molecule has 0 bridgehead atoms. The molecule has 5 rings (SSSR count). The van der Waals surface area contributed by atoms with Gasteiger partial charge in [-0.25, -0.2) is 9.97 Å². The van der Waals surface area contributed by atoms with Crippen LogP contribution < -0.4 is 10.6 Å². The highest BCUT2D eigenvalue weighted by Gasteiger charge is 2.15. The second-order valence-corrected chi connectivity index (χ2v) is 11.4. The summed E-state index contributed by atoms with van der Waals surface area (Å²) in [5, 5.41) is 6.17. The molecule has 1 aromatic carbocycles. The molecule has 1 aliphatic rings. The topological polar surface area (TPSA) is 154 Å². The first-order chi connectivity index (χ1) is 20.0. The van der Waals surface area contributed by atoms with E-state index in [2.05, 4.69) is 47.4 Å². The fourth-order valence-electron chi connectivity index (χ4n) is 4.17. The van der Waals surface area contributed by atoms with E-state index in [0.717, 1.165) is 49.7 Å². The van der Waals surface area contributed by atoms with Crippen LogP contribution in [0.4, 0.5) is 17.3 Å². The highest BCUT2D eigenvalue weighted by Crippen LogP contribution is 2.23. The maximum absolute atomic E-state index is 12.9. The van der Waals surface area contributed by atoms with Gasteiger partial charge in [-0.15, -0.1) is 0 Å². The van der Waals surface area contributed by atoms with Crippen LogP contribution in [0.25, 0.3) is 11.3 Å². The molecule has 4 aromatic rings. The van der Waals surface area contributed by atoms with Gasteiger partial charge in [-0.05, 0) is 55.9 Å². The predicted octanol–water partition coefficient (Wildman–Crippen LogP) is 3.49. The Labute approximate surface area is 245 Å². The number of carbonyl (C=O) groups is 1. The van der Waals surface area contributed by atoms with Gasteiger partial charge in [-0.2, -0.15) is 8.42 Å². The number of likely N-dealkylation sites (N-methyl/N-ethyl adjacent to an activating group) is 1. The van der Waals surface area contributed by atoms with Crippen LogP contribution in [0.1, 0.15) is 21.6 Å². The summed E-state index contributed by atoms with van der Waals surface area (Å²) in [7, 11) is -1.51. The second kappa shape index (κ2) is 14.0. The third-order valence-corrected chi connectivity index (χ3v) is 6.42. The van der Waals surface area contributed by atoms with Crippen LogP contribution in [0.15, 0.2) is 73.3 Å². The number of amides is 1. The maximum Gasteiger partial charge on any atom is 0.261 e. The summed E-state index contributed by atoms with van der Waals surface area (Å²) < 4.78 is 25.9. The summed E-state index contributed by atoms with van der Waals surface area (Å²) >= 11 is 0. The number of hydrogen-bond acceptors (Lipinski definition) is 10. The first kappa shape index (κ1) is 30.7. The van der Waals surface area contributed by atoms with Gasteiger partial charge in [0.15, 0.2) is 0 Å². The van der Waals surface area contributed by atoms with Crippen LogP contribution in [0.3, 0.4) is 0 Å². The van der Waals surface area contributed by atoms with Gasteiger partial charge in [0, 0.05) is 62.4 Å². The number of nitrogens with one attached hydrogen (secondary N) is 2.